The van der Waals surface area contributed by atoms with Crippen LogP contribution in [-0.4, -0.2) is 28.6 Å². The topological polar surface area (TPSA) is 18.5 Å². The first-order valence-electron chi connectivity index (χ1n) is 6.22. The molecule has 0 atom stereocenters. The van der Waals surface area contributed by atoms with Crippen molar-refractivity contribution in [2.45, 2.75) is 38.9 Å². The number of hydrogen-bond acceptors (Lipinski definition) is 4. The number of thiocarbonyl (C=S) groups is 2. The average Bonchev–Trinajstić information content (AvgIpc) is 2.58. The molecule has 19 heavy (non-hydrogen) atoms. The van der Waals surface area contributed by atoms with Gasteiger partial charge >= 0.3 is 7.12 Å². The predicted octanol–water partition coefficient (Wildman–Crippen LogP) is 2.70. The summed E-state index contributed by atoms with van der Waals surface area (Å²) < 4.78 is 12.0. The number of hydrogen-bond donors (Lipinski definition) is 0. The molecule has 2 rings (SSSR count). The molecule has 0 spiro atoms. The Morgan fingerprint density at radius 3 is 1.95 bits per heavy atom. The van der Waals surface area contributed by atoms with Gasteiger partial charge in [-0.1, -0.05) is 48.7 Å². The summed E-state index contributed by atoms with van der Waals surface area (Å²) in [6.07, 6.45) is 0. The van der Waals surface area contributed by atoms with E-state index in [4.69, 9.17) is 33.7 Å². The van der Waals surface area contributed by atoms with Gasteiger partial charge in [0.25, 0.3) is 0 Å². The Hall–Kier alpha value is -0.615. The highest BCUT2D eigenvalue weighted by molar-refractivity contribution is 7.88. The Morgan fingerprint density at radius 2 is 1.53 bits per heavy atom. The summed E-state index contributed by atoms with van der Waals surface area (Å²) in [6, 6.07) is 7.85. The lowest BCUT2D eigenvalue weighted by Crippen LogP contribution is -2.41. The van der Waals surface area contributed by atoms with Crippen molar-refractivity contribution in [3.63, 3.8) is 0 Å². The quantitative estimate of drug-likeness (QED) is 0.484. The lowest BCUT2D eigenvalue weighted by Gasteiger charge is -2.32. The maximum Gasteiger partial charge on any atom is 0.494 e. The van der Waals surface area contributed by atoms with Crippen LogP contribution in [0.1, 0.15) is 33.3 Å². The fourth-order valence-corrected chi connectivity index (χ4v) is 2.12. The molecule has 5 heteroatoms. The molecule has 0 radical (unpaired) electrons. The summed E-state index contributed by atoms with van der Waals surface area (Å²) in [5, 5.41) is 1.51. The normalized spacial score (nSPS) is 20.3. The molecule has 0 N–H and O–H groups in total. The highest BCUT2D eigenvalue weighted by Crippen LogP contribution is 2.36. The lowest BCUT2D eigenvalue weighted by atomic mass is 9.79. The van der Waals surface area contributed by atoms with Gasteiger partial charge in [0.1, 0.15) is 0 Å². The van der Waals surface area contributed by atoms with Crippen LogP contribution in [0.15, 0.2) is 24.3 Å². The molecule has 0 unspecified atom stereocenters. The van der Waals surface area contributed by atoms with Gasteiger partial charge in [-0.05, 0) is 38.7 Å². The molecule has 1 heterocycles. The third-order valence-electron chi connectivity index (χ3n) is 3.83. The van der Waals surface area contributed by atoms with Crippen molar-refractivity contribution in [3.8, 4) is 0 Å². The van der Waals surface area contributed by atoms with Crippen molar-refractivity contribution in [1.29, 1.82) is 0 Å². The van der Waals surface area contributed by atoms with Gasteiger partial charge in [-0.2, -0.15) is 0 Å². The van der Waals surface area contributed by atoms with Gasteiger partial charge in [-0.15, -0.1) is 0 Å². The van der Waals surface area contributed by atoms with Crippen molar-refractivity contribution >= 4 is 47.2 Å². The van der Waals surface area contributed by atoms with Crippen LogP contribution in [-0.2, 0) is 9.31 Å². The number of benzene rings is 1. The molecule has 0 aromatic heterocycles. The van der Waals surface area contributed by atoms with E-state index >= 15 is 0 Å². The van der Waals surface area contributed by atoms with Gasteiger partial charge in [0.05, 0.1) is 16.1 Å². The van der Waals surface area contributed by atoms with Gasteiger partial charge in [0, 0.05) is 5.37 Å². The number of rotatable bonds is 3. The largest absolute Gasteiger partial charge is 0.494 e. The highest BCUT2D eigenvalue weighted by Gasteiger charge is 2.51. The first-order chi connectivity index (χ1) is 8.77. The molecular formula is C14H17BO2S2. The Bertz CT molecular complexity index is 493. The van der Waals surface area contributed by atoms with Crippen LogP contribution in [0.2, 0.25) is 0 Å². The Balaban J connectivity index is 2.21. The van der Waals surface area contributed by atoms with E-state index < -0.39 is 0 Å². The van der Waals surface area contributed by atoms with Crippen LogP contribution in [0.3, 0.4) is 0 Å². The van der Waals surface area contributed by atoms with Gasteiger partial charge in [0.15, 0.2) is 0 Å². The van der Waals surface area contributed by atoms with Crippen LogP contribution < -0.4 is 5.46 Å². The first kappa shape index (κ1) is 14.8. The predicted molar refractivity (Wildman–Crippen MR) is 87.5 cm³/mol. The molecule has 0 aliphatic carbocycles. The minimum Gasteiger partial charge on any atom is -0.399 e. The molecule has 100 valence electrons. The van der Waals surface area contributed by atoms with Crippen molar-refractivity contribution in [2.75, 3.05) is 0 Å². The van der Waals surface area contributed by atoms with Crippen LogP contribution in [0.5, 0.6) is 0 Å². The van der Waals surface area contributed by atoms with E-state index in [1.807, 2.05) is 52.0 Å². The van der Waals surface area contributed by atoms with Crippen molar-refractivity contribution < 1.29 is 9.31 Å². The second-order valence-corrected chi connectivity index (χ2v) is 6.37. The molecule has 2 nitrogen and oxygen atoms in total. The zero-order valence-corrected chi connectivity index (χ0v) is 13.2. The smallest absolute Gasteiger partial charge is 0.399 e. The minimum absolute atomic E-state index is 0.319. The molecule has 0 saturated carbocycles. The highest BCUT2D eigenvalue weighted by atomic mass is 32.1. The van der Waals surface area contributed by atoms with Gasteiger partial charge < -0.3 is 9.31 Å². The van der Waals surface area contributed by atoms with E-state index in [1.54, 1.807) is 0 Å². The molecule has 1 aliphatic heterocycles. The molecule has 1 fully saturated rings. The molecular weight excluding hydrogens is 275 g/mol. The summed E-state index contributed by atoms with van der Waals surface area (Å²) >= 11 is 9.99. The third kappa shape index (κ3) is 2.79. The van der Waals surface area contributed by atoms with Crippen LogP contribution in [0, 0.1) is 0 Å². The van der Waals surface area contributed by atoms with E-state index in [0.717, 1.165) is 11.0 Å². The van der Waals surface area contributed by atoms with Crippen LogP contribution in [0.25, 0.3) is 0 Å². The van der Waals surface area contributed by atoms with E-state index in [-0.39, 0.29) is 18.3 Å². The second-order valence-electron chi connectivity index (χ2n) is 5.69. The van der Waals surface area contributed by atoms with Crippen molar-refractivity contribution in [3.05, 3.63) is 29.8 Å². The maximum atomic E-state index is 5.99. The molecule has 0 amide bonds. The fraction of sp³-hybridized carbons (Fsp3) is 0.429. The van der Waals surface area contributed by atoms with Gasteiger partial charge in [-0.25, -0.2) is 0 Å². The summed E-state index contributed by atoms with van der Waals surface area (Å²) in [7, 11) is -0.333. The molecule has 1 aliphatic rings. The van der Waals surface area contributed by atoms with E-state index in [0.29, 0.717) is 4.86 Å². The van der Waals surface area contributed by atoms with Crippen molar-refractivity contribution in [2.24, 2.45) is 0 Å². The molecule has 1 aromatic carbocycles. The monoisotopic (exact) mass is 292 g/mol. The SMILES string of the molecule is CC1(C)OB(c2ccc(C(=S)C=S)cc2)OC1(C)C. The summed E-state index contributed by atoms with van der Waals surface area (Å²) in [5.41, 5.74) is 1.31. The second kappa shape index (κ2) is 5.06. The zero-order valence-electron chi connectivity index (χ0n) is 11.6. The first-order valence-corrected chi connectivity index (χ1v) is 7.10. The lowest BCUT2D eigenvalue weighted by molar-refractivity contribution is 0.00578. The Kier molecular flexibility index (Phi) is 3.93. The minimum atomic E-state index is -0.333. The summed E-state index contributed by atoms with van der Waals surface area (Å²) in [4.78, 5) is 0.676. The fourth-order valence-electron chi connectivity index (χ4n) is 1.85. The van der Waals surface area contributed by atoms with Crippen LogP contribution in [0.4, 0.5) is 0 Å². The Morgan fingerprint density at radius 1 is 1.05 bits per heavy atom. The van der Waals surface area contributed by atoms with Crippen molar-refractivity contribution in [1.82, 2.24) is 0 Å². The Labute approximate surface area is 125 Å². The standard InChI is InChI=1S/C14H17BO2S2/c1-13(2)14(3,4)17-15(16-13)11-7-5-10(6-8-11)12(19)9-18/h5-9H,1-4H3. The summed E-state index contributed by atoms with van der Waals surface area (Å²) in [6.45, 7) is 8.18. The average molecular weight is 292 g/mol. The molecule has 0 bridgehead atoms. The van der Waals surface area contributed by atoms with Gasteiger partial charge in [0.2, 0.25) is 0 Å². The third-order valence-corrected chi connectivity index (χ3v) is 4.57. The van der Waals surface area contributed by atoms with E-state index in [2.05, 4.69) is 0 Å². The zero-order chi connectivity index (χ0) is 14.3. The maximum absolute atomic E-state index is 5.99. The van der Waals surface area contributed by atoms with E-state index in [9.17, 15) is 0 Å². The molecule has 1 aromatic rings. The van der Waals surface area contributed by atoms with E-state index in [1.165, 1.54) is 5.37 Å². The summed E-state index contributed by atoms with van der Waals surface area (Å²) in [5.74, 6) is 0. The van der Waals surface area contributed by atoms with Gasteiger partial charge in [-0.3, -0.25) is 0 Å². The molecule has 1 saturated heterocycles. The van der Waals surface area contributed by atoms with Crippen LogP contribution >= 0.6 is 24.4 Å².